The Bertz CT molecular complexity index is 561. The Morgan fingerprint density at radius 2 is 1.95 bits per heavy atom. The van der Waals surface area contributed by atoms with Gasteiger partial charge in [0.2, 0.25) is 0 Å². The van der Waals surface area contributed by atoms with Gasteiger partial charge in [-0.2, -0.15) is 0 Å². The molecule has 0 radical (unpaired) electrons. The van der Waals surface area contributed by atoms with Gasteiger partial charge in [0.25, 0.3) is 0 Å². The Morgan fingerprint density at radius 3 is 2.53 bits per heavy atom. The number of aldehydes is 1. The van der Waals surface area contributed by atoms with E-state index in [1.807, 2.05) is 0 Å². The Labute approximate surface area is 106 Å². The van der Waals surface area contributed by atoms with Crippen LogP contribution >= 0.6 is 0 Å². The van der Waals surface area contributed by atoms with Crippen molar-refractivity contribution in [2.45, 2.75) is 12.9 Å². The first-order valence-electron chi connectivity index (χ1n) is 5.28. The number of benzene rings is 1. The number of hydrogen-bond acceptors (Lipinski definition) is 3. The maximum absolute atomic E-state index is 12.0. The van der Waals surface area contributed by atoms with Crippen LogP contribution in [0.3, 0.4) is 0 Å². The number of aromatic nitrogens is 2. The van der Waals surface area contributed by atoms with Crippen LogP contribution in [0.1, 0.15) is 16.1 Å². The molecule has 0 atom stereocenters. The molecule has 0 fully saturated rings. The quantitative estimate of drug-likeness (QED) is 0.802. The number of halogens is 3. The van der Waals surface area contributed by atoms with Gasteiger partial charge in [0.15, 0.2) is 6.29 Å². The van der Waals surface area contributed by atoms with Crippen LogP contribution in [0.4, 0.5) is 13.2 Å². The van der Waals surface area contributed by atoms with Gasteiger partial charge in [0.05, 0.1) is 12.5 Å². The molecule has 1 aromatic carbocycles. The predicted molar refractivity (Wildman–Crippen MR) is 59.8 cm³/mol. The molecular formula is C12H9F3N2O2. The fourth-order valence-electron chi connectivity index (χ4n) is 1.55. The van der Waals surface area contributed by atoms with Gasteiger partial charge < -0.3 is 9.30 Å². The minimum absolute atomic E-state index is 0.280. The van der Waals surface area contributed by atoms with E-state index >= 15 is 0 Å². The van der Waals surface area contributed by atoms with Crippen molar-refractivity contribution in [1.82, 2.24) is 9.55 Å². The summed E-state index contributed by atoms with van der Waals surface area (Å²) in [6.07, 6.45) is -1.15. The van der Waals surface area contributed by atoms with Crippen LogP contribution in [0.2, 0.25) is 0 Å². The second-order valence-electron chi connectivity index (χ2n) is 3.76. The molecular weight excluding hydrogens is 261 g/mol. The third-order valence-corrected chi connectivity index (χ3v) is 2.38. The summed E-state index contributed by atoms with van der Waals surface area (Å²) in [5, 5.41) is 0. The molecule has 2 rings (SSSR count). The van der Waals surface area contributed by atoms with E-state index in [-0.39, 0.29) is 5.75 Å². The van der Waals surface area contributed by atoms with E-state index in [1.165, 1.54) is 36.8 Å². The number of carbonyl (C=O) groups is 1. The van der Waals surface area contributed by atoms with E-state index in [2.05, 4.69) is 9.72 Å². The van der Waals surface area contributed by atoms with Crippen molar-refractivity contribution < 1.29 is 22.7 Å². The first-order chi connectivity index (χ1) is 8.98. The summed E-state index contributed by atoms with van der Waals surface area (Å²) in [4.78, 5) is 14.5. The normalized spacial score (nSPS) is 11.3. The van der Waals surface area contributed by atoms with E-state index < -0.39 is 6.36 Å². The summed E-state index contributed by atoms with van der Waals surface area (Å²) in [7, 11) is 0. The molecule has 0 aliphatic heterocycles. The van der Waals surface area contributed by atoms with Crippen molar-refractivity contribution in [2.24, 2.45) is 0 Å². The minimum Gasteiger partial charge on any atom is -0.406 e. The van der Waals surface area contributed by atoms with Gasteiger partial charge in [-0.25, -0.2) is 4.98 Å². The Morgan fingerprint density at radius 1 is 1.26 bits per heavy atom. The predicted octanol–water partition coefficient (Wildman–Crippen LogP) is 2.64. The van der Waals surface area contributed by atoms with Gasteiger partial charge >= 0.3 is 6.36 Å². The third-order valence-electron chi connectivity index (χ3n) is 2.38. The first-order valence-corrected chi connectivity index (χ1v) is 5.28. The number of ether oxygens (including phenoxy) is 1. The van der Waals surface area contributed by atoms with Gasteiger partial charge in [-0.1, -0.05) is 12.1 Å². The highest BCUT2D eigenvalue weighted by Gasteiger charge is 2.30. The lowest BCUT2D eigenvalue weighted by Gasteiger charge is -2.09. The number of rotatable bonds is 4. The molecule has 0 aliphatic carbocycles. The second-order valence-corrected chi connectivity index (χ2v) is 3.76. The van der Waals surface area contributed by atoms with Crippen molar-refractivity contribution in [1.29, 1.82) is 0 Å². The van der Waals surface area contributed by atoms with Gasteiger partial charge in [-0.05, 0) is 17.7 Å². The monoisotopic (exact) mass is 270 g/mol. The Kier molecular flexibility index (Phi) is 3.55. The van der Waals surface area contributed by atoms with Gasteiger partial charge in [0.1, 0.15) is 11.4 Å². The van der Waals surface area contributed by atoms with E-state index in [4.69, 9.17) is 0 Å². The lowest BCUT2D eigenvalue weighted by Crippen LogP contribution is -2.17. The average Bonchev–Trinajstić information content (AvgIpc) is 2.77. The molecule has 19 heavy (non-hydrogen) atoms. The number of alkyl halides is 3. The highest BCUT2D eigenvalue weighted by molar-refractivity contribution is 5.71. The van der Waals surface area contributed by atoms with Crippen LogP contribution in [0.15, 0.2) is 36.8 Å². The summed E-state index contributed by atoms with van der Waals surface area (Å²) >= 11 is 0. The zero-order valence-electron chi connectivity index (χ0n) is 9.59. The average molecular weight is 270 g/mol. The smallest absolute Gasteiger partial charge is 0.406 e. The van der Waals surface area contributed by atoms with E-state index in [9.17, 15) is 18.0 Å². The number of imidazole rings is 1. The van der Waals surface area contributed by atoms with Gasteiger partial charge in [-0.15, -0.1) is 13.2 Å². The van der Waals surface area contributed by atoms with Crippen molar-refractivity contribution >= 4 is 6.29 Å². The third kappa shape index (κ3) is 3.57. The highest BCUT2D eigenvalue weighted by atomic mass is 19.4. The summed E-state index contributed by atoms with van der Waals surface area (Å²) in [5.41, 5.74) is 1.13. The molecule has 0 saturated carbocycles. The topological polar surface area (TPSA) is 44.1 Å². The number of hydrogen-bond donors (Lipinski definition) is 0. The molecule has 2 aromatic rings. The van der Waals surface area contributed by atoms with Crippen LogP contribution in [-0.2, 0) is 6.54 Å². The van der Waals surface area contributed by atoms with Crippen molar-refractivity contribution in [3.63, 3.8) is 0 Å². The largest absolute Gasteiger partial charge is 0.573 e. The molecule has 1 heterocycles. The number of nitrogens with zero attached hydrogens (tertiary/aromatic N) is 2. The van der Waals surface area contributed by atoms with Crippen LogP contribution < -0.4 is 4.74 Å². The second kappa shape index (κ2) is 5.13. The molecule has 0 saturated heterocycles. The van der Waals surface area contributed by atoms with E-state index in [1.54, 1.807) is 4.57 Å². The maximum atomic E-state index is 12.0. The molecule has 0 aliphatic rings. The summed E-state index contributed by atoms with van der Waals surface area (Å²) in [5.74, 6) is -0.280. The van der Waals surface area contributed by atoms with Crippen molar-refractivity contribution in [2.75, 3.05) is 0 Å². The zero-order valence-corrected chi connectivity index (χ0v) is 9.59. The molecule has 0 amide bonds. The highest BCUT2D eigenvalue weighted by Crippen LogP contribution is 2.22. The standard InChI is InChI=1S/C12H9F3N2O2/c13-12(14,15)19-11-3-1-9(2-4-11)6-17-8-16-5-10(17)7-18/h1-5,7-8H,6H2. The molecule has 7 heteroatoms. The fourth-order valence-corrected chi connectivity index (χ4v) is 1.55. The molecule has 100 valence electrons. The lowest BCUT2D eigenvalue weighted by atomic mass is 10.2. The van der Waals surface area contributed by atoms with E-state index in [0.717, 1.165) is 5.56 Å². The SMILES string of the molecule is O=Cc1cncn1Cc1ccc(OC(F)(F)F)cc1. The molecule has 0 unspecified atom stereocenters. The minimum atomic E-state index is -4.70. The summed E-state index contributed by atoms with van der Waals surface area (Å²) in [6, 6.07) is 5.44. The van der Waals surface area contributed by atoms with E-state index in [0.29, 0.717) is 18.5 Å². The molecule has 4 nitrogen and oxygen atoms in total. The van der Waals surface area contributed by atoms with Crippen molar-refractivity contribution in [3.05, 3.63) is 48.0 Å². The lowest BCUT2D eigenvalue weighted by molar-refractivity contribution is -0.274. The van der Waals surface area contributed by atoms with Crippen LogP contribution in [0, 0.1) is 0 Å². The van der Waals surface area contributed by atoms with Crippen LogP contribution in [0.5, 0.6) is 5.75 Å². The zero-order chi connectivity index (χ0) is 13.9. The van der Waals surface area contributed by atoms with Crippen molar-refractivity contribution in [3.8, 4) is 5.75 Å². The first kappa shape index (κ1) is 13.1. The Hall–Kier alpha value is -2.31. The summed E-state index contributed by atoms with van der Waals surface area (Å²) < 4.78 is 41.3. The maximum Gasteiger partial charge on any atom is 0.573 e. The molecule has 0 bridgehead atoms. The van der Waals surface area contributed by atoms with Gasteiger partial charge in [0, 0.05) is 6.54 Å². The molecule has 1 aromatic heterocycles. The molecule has 0 N–H and O–H groups in total. The van der Waals surface area contributed by atoms with Crippen LogP contribution in [0.25, 0.3) is 0 Å². The van der Waals surface area contributed by atoms with Gasteiger partial charge in [-0.3, -0.25) is 4.79 Å². The summed E-state index contributed by atoms with van der Waals surface area (Å²) in [6.45, 7) is 0.348. The Balaban J connectivity index is 2.09. The van der Waals surface area contributed by atoms with Crippen LogP contribution in [-0.4, -0.2) is 22.2 Å². The molecule has 0 spiro atoms. The number of carbonyl (C=O) groups excluding carboxylic acids is 1. The fraction of sp³-hybridized carbons (Fsp3) is 0.167.